The number of nitrogens with two attached hydrogens (primary N) is 1. The van der Waals surface area contributed by atoms with E-state index < -0.39 is 11.2 Å². The van der Waals surface area contributed by atoms with E-state index in [2.05, 4.69) is 20.9 Å². The highest BCUT2D eigenvalue weighted by Crippen LogP contribution is 2.19. The Kier molecular flexibility index (Phi) is 5.64. The van der Waals surface area contributed by atoms with Crippen molar-refractivity contribution in [1.29, 1.82) is 0 Å². The first-order valence-electron chi connectivity index (χ1n) is 5.06. The van der Waals surface area contributed by atoms with Crippen molar-refractivity contribution in [3.05, 3.63) is 16.7 Å². The summed E-state index contributed by atoms with van der Waals surface area (Å²) in [6.45, 7) is 6.31. The quantitative estimate of drug-likeness (QED) is 0.669. The molecule has 6 heteroatoms. The highest BCUT2D eigenvalue weighted by molar-refractivity contribution is 9.10. The molecule has 94 valence electrons. The first-order chi connectivity index (χ1) is 7.45. The van der Waals surface area contributed by atoms with Gasteiger partial charge in [-0.05, 0) is 49.7 Å². The van der Waals surface area contributed by atoms with Crippen molar-refractivity contribution in [3.8, 4) is 0 Å². The van der Waals surface area contributed by atoms with Crippen LogP contribution in [0.4, 0.5) is 5.82 Å². The van der Waals surface area contributed by atoms with Crippen LogP contribution in [0, 0.1) is 0 Å². The van der Waals surface area contributed by atoms with Gasteiger partial charge in [-0.25, -0.2) is 4.98 Å². The molecular weight excluding hydrogens is 283 g/mol. The van der Waals surface area contributed by atoms with Gasteiger partial charge >= 0.3 is 0 Å². The van der Waals surface area contributed by atoms with Crippen LogP contribution in [0.5, 0.6) is 0 Å². The first-order valence-corrected chi connectivity index (χ1v) is 5.85. The molecule has 4 nitrogen and oxygen atoms in total. The van der Waals surface area contributed by atoms with Gasteiger partial charge in [-0.1, -0.05) is 5.46 Å². The summed E-state index contributed by atoms with van der Waals surface area (Å²) >= 11 is 3.18. The van der Waals surface area contributed by atoms with Crippen LogP contribution in [0.1, 0.15) is 27.7 Å². The minimum Gasteiger partial charge on any atom is -0.387 e. The van der Waals surface area contributed by atoms with E-state index in [9.17, 15) is 0 Å². The summed E-state index contributed by atoms with van der Waals surface area (Å²) < 4.78 is 0.738. The zero-order valence-corrected chi connectivity index (χ0v) is 12.1. The Morgan fingerprint density at radius 2 is 1.65 bits per heavy atom. The third kappa shape index (κ3) is 6.05. The fourth-order valence-corrected chi connectivity index (χ4v) is 0.830. The van der Waals surface area contributed by atoms with Crippen LogP contribution in [0.25, 0.3) is 0 Å². The van der Waals surface area contributed by atoms with Gasteiger partial charge in [0.25, 0.3) is 0 Å². The van der Waals surface area contributed by atoms with E-state index in [0.29, 0.717) is 11.3 Å². The second-order valence-corrected chi connectivity index (χ2v) is 5.61. The van der Waals surface area contributed by atoms with E-state index in [1.54, 1.807) is 33.8 Å². The van der Waals surface area contributed by atoms with Gasteiger partial charge in [-0.15, -0.1) is 0 Å². The Labute approximate surface area is 112 Å². The Morgan fingerprint density at radius 3 is 1.88 bits per heavy atom. The largest absolute Gasteiger partial charge is 0.387 e. The summed E-state index contributed by atoms with van der Waals surface area (Å²) in [6, 6.07) is 1.71. The molecule has 17 heavy (non-hydrogen) atoms. The van der Waals surface area contributed by atoms with Crippen molar-refractivity contribution in [2.75, 3.05) is 5.73 Å². The van der Waals surface area contributed by atoms with Crippen molar-refractivity contribution in [2.24, 2.45) is 0 Å². The molecule has 4 N–H and O–H groups in total. The van der Waals surface area contributed by atoms with Crippen molar-refractivity contribution < 1.29 is 10.2 Å². The van der Waals surface area contributed by atoms with Crippen molar-refractivity contribution in [1.82, 2.24) is 4.98 Å². The van der Waals surface area contributed by atoms with Crippen LogP contribution in [0.3, 0.4) is 0 Å². The monoisotopic (exact) mass is 300 g/mol. The number of hydrogen-bond donors (Lipinski definition) is 3. The van der Waals surface area contributed by atoms with Crippen molar-refractivity contribution >= 4 is 35.1 Å². The van der Waals surface area contributed by atoms with Gasteiger partial charge in [0, 0.05) is 6.20 Å². The molecule has 0 amide bonds. The number of halogens is 1. The maximum atomic E-state index is 9.10. The maximum absolute atomic E-state index is 9.10. The lowest BCUT2D eigenvalue weighted by molar-refractivity contribution is -0.107. The fraction of sp³-hybridized carbons (Fsp3) is 0.545. The maximum Gasteiger partial charge on any atom is 0.137 e. The minimum atomic E-state index is -1.01. The lowest BCUT2D eigenvalue weighted by Crippen LogP contribution is -2.44. The number of aromatic nitrogens is 1. The number of pyridine rings is 1. The van der Waals surface area contributed by atoms with Gasteiger partial charge in [0.15, 0.2) is 0 Å². The molecule has 1 aromatic rings. The van der Waals surface area contributed by atoms with E-state index in [1.165, 1.54) is 6.20 Å². The molecule has 0 fully saturated rings. The molecule has 0 atom stereocenters. The summed E-state index contributed by atoms with van der Waals surface area (Å²) in [5, 5.41) is 18.2. The summed E-state index contributed by atoms with van der Waals surface area (Å²) in [6.07, 6.45) is 1.51. The second kappa shape index (κ2) is 5.84. The molecular formula is C11H18BBrN2O2. The highest BCUT2D eigenvalue weighted by Gasteiger charge is 2.31. The predicted octanol–water partition coefficient (Wildman–Crippen LogP) is 0.748. The van der Waals surface area contributed by atoms with E-state index in [-0.39, 0.29) is 0 Å². The Morgan fingerprint density at radius 1 is 1.24 bits per heavy atom. The zero-order valence-electron chi connectivity index (χ0n) is 10.5. The van der Waals surface area contributed by atoms with Gasteiger partial charge in [-0.3, -0.25) is 0 Å². The Hall–Kier alpha value is -0.585. The average molecular weight is 301 g/mol. The molecule has 1 rings (SSSR count). The topological polar surface area (TPSA) is 79.4 Å². The molecule has 0 aliphatic carbocycles. The van der Waals surface area contributed by atoms with E-state index in [1.807, 2.05) is 0 Å². The number of anilines is 1. The van der Waals surface area contributed by atoms with Gasteiger partial charge in [-0.2, -0.15) is 0 Å². The van der Waals surface area contributed by atoms with E-state index >= 15 is 0 Å². The van der Waals surface area contributed by atoms with Gasteiger partial charge in [0.2, 0.25) is 0 Å². The Balaban J connectivity index is 0.000000304. The van der Waals surface area contributed by atoms with Crippen LogP contribution in [0.2, 0.25) is 0 Å². The smallest absolute Gasteiger partial charge is 0.137 e. The molecule has 0 aliphatic heterocycles. The predicted molar refractivity (Wildman–Crippen MR) is 74.3 cm³/mol. The Bertz CT molecular complexity index is 361. The van der Waals surface area contributed by atoms with Crippen molar-refractivity contribution in [2.45, 2.75) is 38.9 Å². The normalized spacial score (nSPS) is 11.7. The number of rotatable bonds is 1. The molecule has 0 aromatic carbocycles. The second-order valence-electron chi connectivity index (χ2n) is 4.75. The molecule has 0 saturated heterocycles. The molecule has 0 saturated carbocycles. The molecule has 0 unspecified atom stereocenters. The number of nitrogen functional groups attached to an aromatic ring is 1. The van der Waals surface area contributed by atoms with Crippen molar-refractivity contribution in [3.63, 3.8) is 0 Å². The molecule has 1 aromatic heterocycles. The number of nitrogens with zero attached hydrogens (tertiary/aromatic N) is 1. The standard InChI is InChI=1S/C6H14O2.C5H4BBrN2/c1-5(2,7)6(3,4)8;6-3-1-4(7)5(8)9-2-3/h7-8H,1-4H3;1-2H,(H2,8,9). The summed E-state index contributed by atoms with van der Waals surface area (Å²) in [4.78, 5) is 3.78. The van der Waals surface area contributed by atoms with E-state index in [4.69, 9.17) is 23.8 Å². The number of hydrogen-bond acceptors (Lipinski definition) is 4. The van der Waals surface area contributed by atoms with Gasteiger partial charge in [0.1, 0.15) is 13.7 Å². The zero-order chi connectivity index (χ0) is 13.9. The van der Waals surface area contributed by atoms with Crippen LogP contribution in [0.15, 0.2) is 16.7 Å². The summed E-state index contributed by atoms with van der Waals surface area (Å²) in [5.74, 6) is 0.462. The van der Waals surface area contributed by atoms with Gasteiger partial charge in [0.05, 0.1) is 15.7 Å². The lowest BCUT2D eigenvalue weighted by Gasteiger charge is -2.31. The average Bonchev–Trinajstić information content (AvgIpc) is 2.09. The highest BCUT2D eigenvalue weighted by atomic mass is 79.9. The summed E-state index contributed by atoms with van der Waals surface area (Å²) in [7, 11) is 5.38. The van der Waals surface area contributed by atoms with Crippen LogP contribution in [-0.2, 0) is 0 Å². The molecule has 1 heterocycles. The molecule has 2 radical (unpaired) electrons. The SMILES string of the molecule is CC(C)(O)C(C)(C)O.[B]c1cnc(N)c(Br)c1. The first kappa shape index (κ1) is 16.4. The molecule has 0 spiro atoms. The number of aliphatic hydroxyl groups is 2. The molecule has 0 aliphatic rings. The van der Waals surface area contributed by atoms with Crippen LogP contribution < -0.4 is 11.2 Å². The third-order valence-corrected chi connectivity index (χ3v) is 3.02. The summed E-state index contributed by atoms with van der Waals surface area (Å²) in [5.41, 5.74) is 3.97. The van der Waals surface area contributed by atoms with Crippen LogP contribution >= 0.6 is 15.9 Å². The lowest BCUT2D eigenvalue weighted by atomic mass is 9.90. The fourth-order valence-electron chi connectivity index (χ4n) is 0.463. The van der Waals surface area contributed by atoms with Gasteiger partial charge < -0.3 is 15.9 Å². The van der Waals surface area contributed by atoms with E-state index in [0.717, 1.165) is 4.47 Å². The third-order valence-electron chi connectivity index (χ3n) is 2.39. The molecule has 0 bridgehead atoms. The van der Waals surface area contributed by atoms with Crippen LogP contribution in [-0.4, -0.2) is 34.2 Å². The minimum absolute atomic E-state index is 0.462.